The minimum atomic E-state index is -3.67. The second kappa shape index (κ2) is 5.75. The number of aryl methyl sites for hydroxylation is 1. The molecule has 5 nitrogen and oxygen atoms in total. The van der Waals surface area contributed by atoms with E-state index in [9.17, 15) is 8.42 Å². The highest BCUT2D eigenvalue weighted by atomic mass is 35.5. The third kappa shape index (κ3) is 3.01. The van der Waals surface area contributed by atoms with Gasteiger partial charge in [0.25, 0.3) is 10.0 Å². The van der Waals surface area contributed by atoms with Crippen molar-refractivity contribution in [2.24, 2.45) is 0 Å². The molecule has 1 aromatic carbocycles. The summed E-state index contributed by atoms with van der Waals surface area (Å²) >= 11 is 7.23. The predicted octanol–water partition coefficient (Wildman–Crippen LogP) is 3.90. The molecule has 22 heavy (non-hydrogen) atoms. The number of hydrogen-bond acceptors (Lipinski definition) is 4. The zero-order valence-corrected chi connectivity index (χ0v) is 13.9. The van der Waals surface area contributed by atoms with Gasteiger partial charge in [-0.2, -0.15) is 5.10 Å². The average Bonchev–Trinajstić information content (AvgIpc) is 3.11. The lowest BCUT2D eigenvalue weighted by molar-refractivity contribution is 0.603. The highest BCUT2D eigenvalue weighted by Gasteiger charge is 2.19. The van der Waals surface area contributed by atoms with Crippen LogP contribution < -0.4 is 4.72 Å². The van der Waals surface area contributed by atoms with E-state index in [1.54, 1.807) is 42.6 Å². The summed E-state index contributed by atoms with van der Waals surface area (Å²) in [6, 6.07) is 10.2. The summed E-state index contributed by atoms with van der Waals surface area (Å²) in [5.74, 6) is 0. The third-order valence-corrected chi connectivity index (χ3v) is 6.27. The number of aromatic amines is 1. The summed E-state index contributed by atoms with van der Waals surface area (Å²) in [4.78, 5) is 0.799. The summed E-state index contributed by atoms with van der Waals surface area (Å²) in [6.07, 6.45) is 1.62. The molecule has 3 aromatic rings. The van der Waals surface area contributed by atoms with Crippen molar-refractivity contribution in [1.82, 2.24) is 10.2 Å². The molecule has 0 saturated heterocycles. The second-order valence-corrected chi connectivity index (χ2v) is 8.08. The molecular formula is C14H12ClN3O2S2. The lowest BCUT2D eigenvalue weighted by atomic mass is 10.2. The summed E-state index contributed by atoms with van der Waals surface area (Å²) in [5, 5.41) is 7.03. The number of nitrogens with zero attached hydrogens (tertiary/aromatic N) is 1. The Kier molecular flexibility index (Phi) is 3.94. The number of benzene rings is 1. The first kappa shape index (κ1) is 15.1. The molecule has 0 aliphatic carbocycles. The number of aromatic nitrogens is 2. The van der Waals surface area contributed by atoms with Gasteiger partial charge in [-0.15, -0.1) is 11.3 Å². The van der Waals surface area contributed by atoms with Crippen LogP contribution in [0.25, 0.3) is 10.6 Å². The molecule has 0 radical (unpaired) electrons. The molecule has 0 aliphatic rings. The van der Waals surface area contributed by atoms with Crippen LogP contribution in [0.1, 0.15) is 5.56 Å². The lowest BCUT2D eigenvalue weighted by Gasteiger charge is -2.08. The van der Waals surface area contributed by atoms with Crippen LogP contribution >= 0.6 is 22.9 Å². The fraction of sp³-hybridized carbons (Fsp3) is 0.0714. The van der Waals surface area contributed by atoms with E-state index in [1.165, 1.54) is 0 Å². The van der Waals surface area contributed by atoms with Crippen LogP contribution in [0.5, 0.6) is 0 Å². The fourth-order valence-electron chi connectivity index (χ4n) is 1.90. The Hall–Kier alpha value is -1.83. The molecular weight excluding hydrogens is 342 g/mol. The van der Waals surface area contributed by atoms with Gasteiger partial charge in [-0.05, 0) is 42.8 Å². The van der Waals surface area contributed by atoms with Crippen LogP contribution in [0.4, 0.5) is 5.69 Å². The molecule has 0 saturated carbocycles. The molecule has 2 N–H and O–H groups in total. The fourth-order valence-corrected chi connectivity index (χ4v) is 4.60. The van der Waals surface area contributed by atoms with Gasteiger partial charge in [0.05, 0.1) is 21.3 Å². The van der Waals surface area contributed by atoms with Crippen molar-refractivity contribution in [3.05, 3.63) is 53.2 Å². The van der Waals surface area contributed by atoms with Gasteiger partial charge in [-0.3, -0.25) is 9.82 Å². The van der Waals surface area contributed by atoms with Crippen LogP contribution in [-0.4, -0.2) is 18.6 Å². The number of halogens is 1. The summed E-state index contributed by atoms with van der Waals surface area (Å²) < 4.78 is 27.6. The van der Waals surface area contributed by atoms with Gasteiger partial charge in [0, 0.05) is 6.20 Å². The number of hydrogen-bond donors (Lipinski definition) is 2. The Morgan fingerprint density at radius 2 is 2.05 bits per heavy atom. The van der Waals surface area contributed by atoms with Crippen LogP contribution in [-0.2, 0) is 10.0 Å². The highest BCUT2D eigenvalue weighted by Crippen LogP contribution is 2.32. The number of H-pyrrole nitrogens is 1. The quantitative estimate of drug-likeness (QED) is 0.746. The van der Waals surface area contributed by atoms with Gasteiger partial charge < -0.3 is 0 Å². The Labute approximate surface area is 137 Å². The van der Waals surface area contributed by atoms with E-state index in [0.717, 1.165) is 27.5 Å². The Morgan fingerprint density at radius 3 is 2.73 bits per heavy atom. The van der Waals surface area contributed by atoms with E-state index in [0.29, 0.717) is 10.7 Å². The highest BCUT2D eigenvalue weighted by molar-refractivity contribution is 7.94. The van der Waals surface area contributed by atoms with Gasteiger partial charge in [0.2, 0.25) is 0 Å². The topological polar surface area (TPSA) is 74.8 Å². The van der Waals surface area contributed by atoms with E-state index in [4.69, 9.17) is 11.6 Å². The molecule has 2 aromatic heterocycles. The number of anilines is 1. The normalized spacial score (nSPS) is 11.5. The van der Waals surface area contributed by atoms with Gasteiger partial charge in [0.15, 0.2) is 0 Å². The zero-order chi connectivity index (χ0) is 15.7. The van der Waals surface area contributed by atoms with Crippen molar-refractivity contribution in [2.45, 2.75) is 11.1 Å². The molecule has 2 heterocycles. The minimum Gasteiger partial charge on any atom is -0.277 e. The van der Waals surface area contributed by atoms with E-state index < -0.39 is 10.0 Å². The number of nitrogens with one attached hydrogen (secondary N) is 2. The molecule has 0 fully saturated rings. The van der Waals surface area contributed by atoms with Gasteiger partial charge in [0.1, 0.15) is 4.21 Å². The van der Waals surface area contributed by atoms with E-state index in [1.807, 2.05) is 6.92 Å². The molecule has 8 heteroatoms. The van der Waals surface area contributed by atoms with Crippen molar-refractivity contribution in [3.63, 3.8) is 0 Å². The van der Waals surface area contributed by atoms with Crippen molar-refractivity contribution in [3.8, 4) is 10.6 Å². The van der Waals surface area contributed by atoms with Gasteiger partial charge >= 0.3 is 0 Å². The molecule has 0 bridgehead atoms. The minimum absolute atomic E-state index is 0.216. The summed E-state index contributed by atoms with van der Waals surface area (Å²) in [5.41, 5.74) is 2.11. The molecule has 0 aliphatic heterocycles. The second-order valence-electron chi connectivity index (χ2n) is 4.68. The number of sulfonamides is 1. The maximum atomic E-state index is 12.4. The van der Waals surface area contributed by atoms with E-state index >= 15 is 0 Å². The first-order valence-electron chi connectivity index (χ1n) is 6.34. The van der Waals surface area contributed by atoms with Crippen molar-refractivity contribution >= 4 is 38.6 Å². The van der Waals surface area contributed by atoms with Crippen molar-refractivity contribution in [2.75, 3.05) is 4.72 Å². The third-order valence-electron chi connectivity index (χ3n) is 2.98. The predicted molar refractivity (Wildman–Crippen MR) is 88.9 cm³/mol. The van der Waals surface area contributed by atoms with Crippen LogP contribution in [0.3, 0.4) is 0 Å². The lowest BCUT2D eigenvalue weighted by Crippen LogP contribution is -2.11. The maximum absolute atomic E-state index is 12.4. The van der Waals surface area contributed by atoms with E-state index in [-0.39, 0.29) is 4.21 Å². The SMILES string of the molecule is Cc1ccc(NS(=O)(=O)c2ccc(-c3ccn[nH]3)s2)c(Cl)c1. The smallest absolute Gasteiger partial charge is 0.271 e. The molecule has 0 amide bonds. The monoisotopic (exact) mass is 353 g/mol. The Morgan fingerprint density at radius 1 is 1.23 bits per heavy atom. The molecule has 114 valence electrons. The molecule has 0 spiro atoms. The summed E-state index contributed by atoms with van der Waals surface area (Å²) in [7, 11) is -3.67. The Bertz CT molecular complexity index is 902. The van der Waals surface area contributed by atoms with Crippen LogP contribution in [0, 0.1) is 6.92 Å². The first-order valence-corrected chi connectivity index (χ1v) is 9.02. The average molecular weight is 354 g/mol. The zero-order valence-electron chi connectivity index (χ0n) is 11.5. The number of rotatable bonds is 4. The van der Waals surface area contributed by atoms with E-state index in [2.05, 4.69) is 14.9 Å². The maximum Gasteiger partial charge on any atom is 0.271 e. The Balaban J connectivity index is 1.90. The number of thiophene rings is 1. The van der Waals surface area contributed by atoms with Crippen LogP contribution in [0.15, 0.2) is 46.8 Å². The standard InChI is InChI=1S/C14H12ClN3O2S2/c1-9-2-3-11(10(15)8-9)18-22(19,20)14-5-4-13(21-14)12-6-7-16-17-12/h2-8,18H,1H3,(H,16,17). The van der Waals surface area contributed by atoms with Crippen molar-refractivity contribution in [1.29, 1.82) is 0 Å². The first-order chi connectivity index (χ1) is 10.5. The molecule has 0 atom stereocenters. The van der Waals surface area contributed by atoms with Crippen molar-refractivity contribution < 1.29 is 8.42 Å². The summed E-state index contributed by atoms with van der Waals surface area (Å²) in [6.45, 7) is 1.89. The van der Waals surface area contributed by atoms with Gasteiger partial charge in [-0.25, -0.2) is 8.42 Å². The largest absolute Gasteiger partial charge is 0.277 e. The molecule has 0 unspecified atom stereocenters. The molecule has 3 rings (SSSR count). The van der Waals surface area contributed by atoms with Gasteiger partial charge in [-0.1, -0.05) is 17.7 Å². The van der Waals surface area contributed by atoms with Crippen LogP contribution in [0.2, 0.25) is 5.02 Å².